The van der Waals surface area contributed by atoms with Gasteiger partial charge in [0.2, 0.25) is 0 Å². The van der Waals surface area contributed by atoms with E-state index in [0.717, 1.165) is 21.3 Å². The quantitative estimate of drug-likeness (QED) is 0.868. The van der Waals surface area contributed by atoms with E-state index >= 15 is 0 Å². The van der Waals surface area contributed by atoms with Crippen LogP contribution in [0.25, 0.3) is 10.2 Å². The van der Waals surface area contributed by atoms with Gasteiger partial charge in [-0.25, -0.2) is 9.37 Å². The second-order valence-corrected chi connectivity index (χ2v) is 6.27. The normalized spacial score (nSPS) is 24.3. The highest BCUT2D eigenvalue weighted by Gasteiger charge is 2.19. The maximum Gasteiger partial charge on any atom is 0.184 e. The van der Waals surface area contributed by atoms with Crippen molar-refractivity contribution < 1.29 is 4.39 Å². The summed E-state index contributed by atoms with van der Waals surface area (Å²) in [6, 6.07) is 5.30. The second kappa shape index (κ2) is 4.84. The zero-order valence-electron chi connectivity index (χ0n) is 10.4. The van der Waals surface area contributed by atoms with Crippen molar-refractivity contribution in [1.29, 1.82) is 0 Å². The summed E-state index contributed by atoms with van der Waals surface area (Å²) in [5.74, 6) is 0.604. The Labute approximate surface area is 110 Å². The van der Waals surface area contributed by atoms with Gasteiger partial charge in [0.25, 0.3) is 0 Å². The van der Waals surface area contributed by atoms with E-state index < -0.39 is 0 Å². The Morgan fingerprint density at radius 3 is 3.11 bits per heavy atom. The molecular weight excluding hydrogens is 247 g/mol. The van der Waals surface area contributed by atoms with Crippen molar-refractivity contribution in [2.45, 2.75) is 38.6 Å². The molecule has 96 valence electrons. The molecule has 18 heavy (non-hydrogen) atoms. The number of aromatic nitrogens is 1. The Morgan fingerprint density at radius 2 is 2.28 bits per heavy atom. The highest BCUT2D eigenvalue weighted by Crippen LogP contribution is 2.30. The number of nitrogens with zero attached hydrogens (tertiary/aromatic N) is 1. The number of thiazole rings is 1. The van der Waals surface area contributed by atoms with Crippen molar-refractivity contribution in [3.05, 3.63) is 24.0 Å². The first kappa shape index (κ1) is 11.9. The summed E-state index contributed by atoms with van der Waals surface area (Å²) in [6.45, 7) is 2.31. The van der Waals surface area contributed by atoms with Gasteiger partial charge in [0.1, 0.15) is 5.82 Å². The van der Waals surface area contributed by atoms with Gasteiger partial charge in [-0.05, 0) is 37.0 Å². The monoisotopic (exact) mass is 264 g/mol. The maximum atomic E-state index is 13.1. The van der Waals surface area contributed by atoms with Gasteiger partial charge in [-0.3, -0.25) is 0 Å². The summed E-state index contributed by atoms with van der Waals surface area (Å²) in [7, 11) is 0. The minimum Gasteiger partial charge on any atom is -0.359 e. The van der Waals surface area contributed by atoms with E-state index in [4.69, 9.17) is 0 Å². The first-order chi connectivity index (χ1) is 8.70. The van der Waals surface area contributed by atoms with E-state index in [0.29, 0.717) is 6.04 Å². The number of anilines is 1. The largest absolute Gasteiger partial charge is 0.359 e. The van der Waals surface area contributed by atoms with Crippen LogP contribution in [0.15, 0.2) is 18.2 Å². The van der Waals surface area contributed by atoms with Gasteiger partial charge in [0.05, 0.1) is 10.2 Å². The van der Waals surface area contributed by atoms with Crippen LogP contribution < -0.4 is 5.32 Å². The molecular formula is C14H17FN2S. The van der Waals surface area contributed by atoms with E-state index in [9.17, 15) is 4.39 Å². The average Bonchev–Trinajstić information content (AvgIpc) is 2.70. The van der Waals surface area contributed by atoms with E-state index in [-0.39, 0.29) is 5.82 Å². The minimum atomic E-state index is -0.191. The number of rotatable bonds is 2. The van der Waals surface area contributed by atoms with Crippen LogP contribution in [-0.4, -0.2) is 11.0 Å². The minimum absolute atomic E-state index is 0.191. The third-order valence-corrected chi connectivity index (χ3v) is 4.56. The molecule has 0 radical (unpaired) electrons. The summed E-state index contributed by atoms with van der Waals surface area (Å²) >= 11 is 1.54. The van der Waals surface area contributed by atoms with Crippen LogP contribution in [0.4, 0.5) is 9.52 Å². The molecule has 1 aliphatic carbocycles. The SMILES string of the molecule is CC1CCCC(Nc2nc3ccc(F)cc3s2)C1. The predicted molar refractivity (Wildman–Crippen MR) is 74.6 cm³/mol. The Morgan fingerprint density at radius 1 is 1.39 bits per heavy atom. The highest BCUT2D eigenvalue weighted by molar-refractivity contribution is 7.22. The standard InChI is InChI=1S/C14H17FN2S/c1-9-3-2-4-11(7-9)16-14-17-12-6-5-10(15)8-13(12)18-14/h5-6,8-9,11H,2-4,7H2,1H3,(H,16,17). The van der Waals surface area contributed by atoms with E-state index in [2.05, 4.69) is 17.2 Å². The average molecular weight is 264 g/mol. The van der Waals surface area contributed by atoms with Crippen LogP contribution >= 0.6 is 11.3 Å². The fourth-order valence-corrected chi connectivity index (χ4v) is 3.67. The fraction of sp³-hybridized carbons (Fsp3) is 0.500. The molecule has 0 amide bonds. The van der Waals surface area contributed by atoms with Crippen LogP contribution in [0.5, 0.6) is 0 Å². The summed E-state index contributed by atoms with van der Waals surface area (Å²) in [4.78, 5) is 4.51. The summed E-state index contributed by atoms with van der Waals surface area (Å²) < 4.78 is 14.0. The molecule has 1 fully saturated rings. The van der Waals surface area contributed by atoms with Crippen LogP contribution in [0.2, 0.25) is 0 Å². The number of hydrogen-bond acceptors (Lipinski definition) is 3. The van der Waals surface area contributed by atoms with Gasteiger partial charge in [0.15, 0.2) is 5.13 Å². The molecule has 0 bridgehead atoms. The number of hydrogen-bond donors (Lipinski definition) is 1. The van der Waals surface area contributed by atoms with Crippen LogP contribution in [0.1, 0.15) is 32.6 Å². The molecule has 1 aromatic heterocycles. The molecule has 3 rings (SSSR count). The lowest BCUT2D eigenvalue weighted by atomic mass is 9.87. The highest BCUT2D eigenvalue weighted by atomic mass is 32.1. The number of benzene rings is 1. The maximum absolute atomic E-state index is 13.1. The van der Waals surface area contributed by atoms with Gasteiger partial charge in [-0.1, -0.05) is 31.1 Å². The second-order valence-electron chi connectivity index (χ2n) is 5.24. The molecule has 2 aromatic rings. The Balaban J connectivity index is 1.78. The third kappa shape index (κ3) is 2.48. The van der Waals surface area contributed by atoms with Crippen molar-refractivity contribution in [3.8, 4) is 0 Å². The molecule has 2 unspecified atom stereocenters. The molecule has 2 nitrogen and oxygen atoms in total. The topological polar surface area (TPSA) is 24.9 Å². The Kier molecular flexibility index (Phi) is 3.20. The van der Waals surface area contributed by atoms with Gasteiger partial charge in [-0.2, -0.15) is 0 Å². The van der Waals surface area contributed by atoms with Crippen LogP contribution in [0, 0.1) is 11.7 Å². The van der Waals surface area contributed by atoms with E-state index in [1.807, 2.05) is 0 Å². The number of nitrogens with one attached hydrogen (secondary N) is 1. The first-order valence-corrected chi connectivity index (χ1v) is 7.35. The molecule has 4 heteroatoms. The molecule has 1 saturated carbocycles. The number of halogens is 1. The Hall–Kier alpha value is -1.16. The number of fused-ring (bicyclic) bond motifs is 1. The molecule has 0 aliphatic heterocycles. The predicted octanol–water partition coefficient (Wildman–Crippen LogP) is 4.43. The lowest BCUT2D eigenvalue weighted by Gasteiger charge is -2.27. The molecule has 1 aliphatic rings. The van der Waals surface area contributed by atoms with Gasteiger partial charge >= 0.3 is 0 Å². The smallest absolute Gasteiger partial charge is 0.184 e. The van der Waals surface area contributed by atoms with Crippen molar-refractivity contribution in [2.75, 3.05) is 5.32 Å². The van der Waals surface area contributed by atoms with Gasteiger partial charge in [0, 0.05) is 6.04 Å². The van der Waals surface area contributed by atoms with Crippen molar-refractivity contribution in [1.82, 2.24) is 4.98 Å². The van der Waals surface area contributed by atoms with Crippen molar-refractivity contribution >= 4 is 26.7 Å². The molecule has 0 spiro atoms. The van der Waals surface area contributed by atoms with Gasteiger partial charge in [-0.15, -0.1) is 0 Å². The zero-order valence-corrected chi connectivity index (χ0v) is 11.3. The van der Waals surface area contributed by atoms with Crippen LogP contribution in [0.3, 0.4) is 0 Å². The summed E-state index contributed by atoms with van der Waals surface area (Å²) in [5.41, 5.74) is 0.882. The lowest BCUT2D eigenvalue weighted by Crippen LogP contribution is -2.25. The first-order valence-electron chi connectivity index (χ1n) is 6.53. The zero-order chi connectivity index (χ0) is 12.5. The van der Waals surface area contributed by atoms with Crippen LogP contribution in [-0.2, 0) is 0 Å². The van der Waals surface area contributed by atoms with Crippen molar-refractivity contribution in [2.24, 2.45) is 5.92 Å². The lowest BCUT2D eigenvalue weighted by molar-refractivity contribution is 0.358. The van der Waals surface area contributed by atoms with Crippen molar-refractivity contribution in [3.63, 3.8) is 0 Å². The summed E-state index contributed by atoms with van der Waals surface area (Å²) in [5, 5.41) is 4.43. The van der Waals surface area contributed by atoms with Gasteiger partial charge < -0.3 is 5.32 Å². The molecule has 0 saturated heterocycles. The van der Waals surface area contributed by atoms with E-state index in [1.54, 1.807) is 23.5 Å². The fourth-order valence-electron chi connectivity index (χ4n) is 2.70. The third-order valence-electron chi connectivity index (χ3n) is 3.61. The Bertz CT molecular complexity index is 552. The van der Waals surface area contributed by atoms with E-state index in [1.165, 1.54) is 31.7 Å². The molecule has 2 atom stereocenters. The molecule has 1 aromatic carbocycles. The molecule has 1 N–H and O–H groups in total. The summed E-state index contributed by atoms with van der Waals surface area (Å²) in [6.07, 6.45) is 5.06. The molecule has 1 heterocycles.